The van der Waals surface area contributed by atoms with Crippen molar-refractivity contribution in [2.24, 2.45) is 7.05 Å². The molecule has 1 heterocycles. The summed E-state index contributed by atoms with van der Waals surface area (Å²) in [7, 11) is 1.87. The molecule has 0 radical (unpaired) electrons. The molecule has 0 aliphatic carbocycles. The minimum Gasteiger partial charge on any atom is -0.337 e. The number of imidazole rings is 1. The van der Waals surface area contributed by atoms with Crippen LogP contribution >= 0.6 is 0 Å². The minimum absolute atomic E-state index is 0.392. The molecule has 0 saturated heterocycles. The van der Waals surface area contributed by atoms with Crippen LogP contribution in [0.2, 0.25) is 0 Å². The maximum absolute atomic E-state index is 8.26. The van der Waals surface area contributed by atoms with Crippen molar-refractivity contribution in [3.63, 3.8) is 0 Å². The number of hydrogen-bond acceptors (Lipinski definition) is 3. The molecule has 1 aromatic heterocycles. The summed E-state index contributed by atoms with van der Waals surface area (Å²) in [6.07, 6.45) is 3.51. The van der Waals surface area contributed by atoms with Crippen LogP contribution in [-0.2, 0) is 13.6 Å². The van der Waals surface area contributed by atoms with Crippen LogP contribution in [0, 0.1) is 0 Å². The molecule has 9 heavy (non-hydrogen) atoms. The fourth-order valence-electron chi connectivity index (χ4n) is 0.638. The first kappa shape index (κ1) is 6.25. The van der Waals surface area contributed by atoms with Gasteiger partial charge in [-0.3, -0.25) is 0 Å². The van der Waals surface area contributed by atoms with Gasteiger partial charge in [0, 0.05) is 19.4 Å². The summed E-state index contributed by atoms with van der Waals surface area (Å²) in [5, 5.41) is 8.26. The van der Waals surface area contributed by atoms with E-state index in [2.05, 4.69) is 4.98 Å². The smallest absolute Gasteiger partial charge is 0.124 e. The maximum atomic E-state index is 8.26. The van der Waals surface area contributed by atoms with Crippen molar-refractivity contribution in [1.29, 1.82) is 0 Å². The molecule has 0 unspecified atom stereocenters. The van der Waals surface area contributed by atoms with Crippen LogP contribution in [0.3, 0.4) is 0 Å². The van der Waals surface area contributed by atoms with Crippen molar-refractivity contribution in [2.75, 3.05) is 0 Å². The first-order valence-electron chi connectivity index (χ1n) is 2.67. The molecule has 0 aliphatic rings. The SMILES string of the molecule is Cn1ccnc1CNO. The summed E-state index contributed by atoms with van der Waals surface area (Å²) in [6, 6.07) is 0. The van der Waals surface area contributed by atoms with Gasteiger partial charge in [-0.1, -0.05) is 0 Å². The molecule has 4 nitrogen and oxygen atoms in total. The van der Waals surface area contributed by atoms with E-state index in [1.54, 1.807) is 6.20 Å². The third kappa shape index (κ3) is 1.28. The number of nitrogens with one attached hydrogen (secondary N) is 1. The molecule has 0 atom stereocenters. The average molecular weight is 127 g/mol. The van der Waals surface area contributed by atoms with Gasteiger partial charge < -0.3 is 9.77 Å². The molecule has 50 valence electrons. The van der Waals surface area contributed by atoms with Crippen LogP contribution in [0.25, 0.3) is 0 Å². The number of hydrogen-bond donors (Lipinski definition) is 2. The summed E-state index contributed by atoms with van der Waals surface area (Å²) in [6.45, 7) is 0.392. The number of hydroxylamine groups is 1. The van der Waals surface area contributed by atoms with Crippen LogP contribution < -0.4 is 5.48 Å². The van der Waals surface area contributed by atoms with E-state index < -0.39 is 0 Å². The van der Waals surface area contributed by atoms with E-state index in [4.69, 9.17) is 5.21 Å². The molecule has 0 saturated carbocycles. The minimum atomic E-state index is 0.392. The van der Waals surface area contributed by atoms with Gasteiger partial charge in [0.05, 0.1) is 6.54 Å². The van der Waals surface area contributed by atoms with Crippen molar-refractivity contribution in [3.8, 4) is 0 Å². The van der Waals surface area contributed by atoms with Gasteiger partial charge in [0.25, 0.3) is 0 Å². The molecular weight excluding hydrogens is 118 g/mol. The van der Waals surface area contributed by atoms with Crippen LogP contribution in [0.5, 0.6) is 0 Å². The Morgan fingerprint density at radius 1 is 1.89 bits per heavy atom. The average Bonchev–Trinajstić information content (AvgIpc) is 2.18. The lowest BCUT2D eigenvalue weighted by Crippen LogP contribution is -2.10. The first-order valence-corrected chi connectivity index (χ1v) is 2.67. The zero-order valence-corrected chi connectivity index (χ0v) is 5.20. The first-order chi connectivity index (χ1) is 4.34. The summed E-state index contributed by atoms with van der Waals surface area (Å²) in [4.78, 5) is 3.95. The summed E-state index contributed by atoms with van der Waals surface area (Å²) >= 11 is 0. The number of aryl methyl sites for hydroxylation is 1. The molecule has 1 rings (SSSR count). The van der Waals surface area contributed by atoms with Crippen molar-refractivity contribution >= 4 is 0 Å². The van der Waals surface area contributed by atoms with Crippen LogP contribution in [0.1, 0.15) is 5.82 Å². The highest BCUT2D eigenvalue weighted by Crippen LogP contribution is 1.90. The Balaban J connectivity index is 2.69. The standard InChI is InChI=1S/C5H9N3O/c1-8-3-2-6-5(8)4-7-9/h2-3,7,9H,4H2,1H3. The van der Waals surface area contributed by atoms with E-state index in [0.29, 0.717) is 6.54 Å². The summed E-state index contributed by atoms with van der Waals surface area (Å²) < 4.78 is 1.84. The number of nitrogens with zero attached hydrogens (tertiary/aromatic N) is 2. The lowest BCUT2D eigenvalue weighted by molar-refractivity contribution is 0.157. The Bertz CT molecular complexity index is 184. The van der Waals surface area contributed by atoms with Crippen LogP contribution in [-0.4, -0.2) is 14.8 Å². The van der Waals surface area contributed by atoms with Gasteiger partial charge in [-0.05, 0) is 0 Å². The lowest BCUT2D eigenvalue weighted by Gasteiger charge is -1.96. The highest BCUT2D eigenvalue weighted by Gasteiger charge is 1.94. The van der Waals surface area contributed by atoms with Gasteiger partial charge in [-0.2, -0.15) is 5.48 Å². The number of aromatic nitrogens is 2. The van der Waals surface area contributed by atoms with E-state index in [9.17, 15) is 0 Å². The monoisotopic (exact) mass is 127 g/mol. The molecule has 0 amide bonds. The second kappa shape index (κ2) is 2.61. The molecular formula is C5H9N3O. The van der Waals surface area contributed by atoms with Crippen molar-refractivity contribution in [3.05, 3.63) is 18.2 Å². The molecule has 0 spiro atoms. The lowest BCUT2D eigenvalue weighted by atomic mass is 10.6. The Kier molecular flexibility index (Phi) is 1.81. The zero-order chi connectivity index (χ0) is 6.69. The van der Waals surface area contributed by atoms with E-state index in [0.717, 1.165) is 5.82 Å². The topological polar surface area (TPSA) is 50.1 Å². The zero-order valence-electron chi connectivity index (χ0n) is 5.20. The quantitative estimate of drug-likeness (QED) is 0.545. The van der Waals surface area contributed by atoms with Crippen molar-refractivity contribution < 1.29 is 5.21 Å². The highest BCUT2D eigenvalue weighted by atomic mass is 16.5. The van der Waals surface area contributed by atoms with Crippen molar-refractivity contribution in [2.45, 2.75) is 6.54 Å². The van der Waals surface area contributed by atoms with Gasteiger partial charge in [-0.25, -0.2) is 4.98 Å². The fraction of sp³-hybridized carbons (Fsp3) is 0.400. The molecule has 0 bridgehead atoms. The second-order valence-electron chi connectivity index (χ2n) is 1.79. The number of rotatable bonds is 2. The Morgan fingerprint density at radius 2 is 2.67 bits per heavy atom. The molecule has 0 aliphatic heterocycles. The van der Waals surface area contributed by atoms with Gasteiger partial charge in [0.15, 0.2) is 0 Å². The van der Waals surface area contributed by atoms with Crippen LogP contribution in [0.15, 0.2) is 12.4 Å². The third-order valence-corrected chi connectivity index (χ3v) is 1.16. The second-order valence-corrected chi connectivity index (χ2v) is 1.79. The van der Waals surface area contributed by atoms with Gasteiger partial charge in [-0.15, -0.1) is 0 Å². The summed E-state index contributed by atoms with van der Waals surface area (Å²) in [5.41, 5.74) is 2.03. The summed E-state index contributed by atoms with van der Waals surface area (Å²) in [5.74, 6) is 0.817. The van der Waals surface area contributed by atoms with E-state index in [1.165, 1.54) is 0 Å². The van der Waals surface area contributed by atoms with Gasteiger partial charge in [0.1, 0.15) is 5.82 Å². The largest absolute Gasteiger partial charge is 0.337 e. The predicted octanol–water partition coefficient (Wildman–Crippen LogP) is -0.101. The molecule has 4 heteroatoms. The maximum Gasteiger partial charge on any atom is 0.124 e. The van der Waals surface area contributed by atoms with E-state index >= 15 is 0 Å². The van der Waals surface area contributed by atoms with Gasteiger partial charge >= 0.3 is 0 Å². The predicted molar refractivity (Wildman–Crippen MR) is 31.8 cm³/mol. The fourth-order valence-corrected chi connectivity index (χ4v) is 0.638. The Morgan fingerprint density at radius 3 is 3.11 bits per heavy atom. The molecule has 0 aromatic carbocycles. The van der Waals surface area contributed by atoms with Gasteiger partial charge in [0.2, 0.25) is 0 Å². The third-order valence-electron chi connectivity index (χ3n) is 1.16. The molecule has 2 N–H and O–H groups in total. The molecule has 1 aromatic rings. The van der Waals surface area contributed by atoms with Crippen LogP contribution in [0.4, 0.5) is 0 Å². The van der Waals surface area contributed by atoms with E-state index in [1.807, 2.05) is 23.3 Å². The Labute approximate surface area is 53.1 Å². The van der Waals surface area contributed by atoms with Crippen molar-refractivity contribution in [1.82, 2.24) is 15.0 Å². The molecule has 0 fully saturated rings. The highest BCUT2D eigenvalue weighted by molar-refractivity contribution is 4.89. The normalized spacial score (nSPS) is 10.0. The Hall–Kier alpha value is -0.870. The van der Waals surface area contributed by atoms with E-state index in [-0.39, 0.29) is 0 Å².